The first kappa shape index (κ1) is 106. The molecule has 15 aromatic rings. The molecule has 9 aromatic heterocycles. The van der Waals surface area contributed by atoms with Crippen LogP contribution in [0.2, 0.25) is 19.6 Å². The number of pyridine rings is 5. The van der Waals surface area contributed by atoms with Gasteiger partial charge in [0.05, 0.1) is 95.8 Å². The van der Waals surface area contributed by atoms with Crippen LogP contribution in [0, 0.1) is 0 Å². The molecule has 15 rings (SSSR count). The maximum absolute atomic E-state index is 9.47. The van der Waals surface area contributed by atoms with Crippen molar-refractivity contribution in [1.29, 1.82) is 0 Å². The minimum atomic E-state index is -3.11. The zero-order valence-electron chi connectivity index (χ0n) is 67.6. The van der Waals surface area contributed by atoms with Crippen molar-refractivity contribution >= 4 is 149 Å². The number of imidazole rings is 4. The molecule has 618 valence electrons. The largest absolute Gasteiger partial charge is 1.00 e. The van der Waals surface area contributed by atoms with Crippen molar-refractivity contribution in [3.8, 4) is 0 Å². The number of nitrogen functional groups attached to an aromatic ring is 1. The monoisotopic (exact) mass is 1820 g/mol. The minimum Gasteiger partial charge on any atom is -0.870 e. The summed E-state index contributed by atoms with van der Waals surface area (Å²) in [4.78, 5) is 58.8. The number of aliphatic hydroxyl groups is 6. The molecular formula is C85H102BBrCl4N15NaO8SSiTi. The molecule has 0 amide bonds. The molecule has 13 N–H and O–H groups in total. The third-order valence-corrected chi connectivity index (χ3v) is 17.2. The van der Waals surface area contributed by atoms with E-state index in [0.717, 1.165) is 90.8 Å². The van der Waals surface area contributed by atoms with Gasteiger partial charge in [0.2, 0.25) is 0 Å². The Hall–Kier alpha value is -7.81. The number of carbonyl (C=O) groups is 1. The van der Waals surface area contributed by atoms with Crippen LogP contribution < -0.4 is 35.3 Å². The van der Waals surface area contributed by atoms with E-state index in [1.54, 1.807) is 43.8 Å². The van der Waals surface area contributed by atoms with Gasteiger partial charge in [-0.05, 0) is 89.5 Å². The molecule has 6 aromatic carbocycles. The fraction of sp³-hybridized carbons (Fsp3) is 0.247. The fourth-order valence-corrected chi connectivity index (χ4v) is 11.7. The van der Waals surface area contributed by atoms with Crippen LogP contribution in [0.1, 0.15) is 132 Å². The zero-order valence-corrected chi connectivity index (χ0v) is 77.7. The number of nitrogens with two attached hydrogens (primary N) is 1. The molecule has 0 saturated carbocycles. The van der Waals surface area contributed by atoms with Crippen LogP contribution in [0.4, 0.5) is 5.69 Å². The molecule has 0 aliphatic carbocycles. The van der Waals surface area contributed by atoms with E-state index in [1.165, 1.54) is 38.4 Å². The van der Waals surface area contributed by atoms with Crippen LogP contribution in [-0.4, -0.2) is 143 Å². The Bertz CT molecular complexity index is 5180. The number of fused-ring (bicyclic) bond motifs is 5. The van der Waals surface area contributed by atoms with Gasteiger partial charge in [-0.2, -0.15) is 0 Å². The van der Waals surface area contributed by atoms with Crippen LogP contribution in [-0.2, 0) is 49.8 Å². The number of anilines is 1. The molecule has 4 unspecified atom stereocenters. The topological polar surface area (TPSA) is 386 Å². The molecule has 23 nitrogen and oxygen atoms in total. The van der Waals surface area contributed by atoms with Crippen LogP contribution in [0.3, 0.4) is 0 Å². The summed E-state index contributed by atoms with van der Waals surface area (Å²) in [5.41, 5.74) is 23.1. The fourth-order valence-electron chi connectivity index (χ4n) is 11.3. The molecule has 118 heavy (non-hydrogen) atoms. The number of rotatable bonds is 14. The number of H-pyrrole nitrogens is 4. The van der Waals surface area contributed by atoms with Crippen LogP contribution >= 0.6 is 66.0 Å². The average molecular weight is 1830 g/mol. The molecule has 0 bridgehead atoms. The Morgan fingerprint density at radius 1 is 0.517 bits per heavy atom. The molecule has 33 heteroatoms. The quantitative estimate of drug-likeness (QED) is 0.0208. The summed E-state index contributed by atoms with van der Waals surface area (Å²) in [6, 6.07) is 59.1. The standard InChI is InChI=1S/C16H17N3O2.C15H15N3O.C14H13N3.C11H10BrN.C11H11N.C8H11N.C3H4N2.C3H8O3.C3H9Si.CH2O.BHNS.4ClH.Na.H2O.Ti/c1-10(15-13(8-20)18-14(9-21)19-15)12-6-2-4-11-5-3-7-17-16(11)12;1-10(14-13(8-19)17-9-18-14)12-6-2-4-11-5-3-7-16-15(11)12;1-10(13-8-15-9-17-13)12-6-2-4-11-5-3-7-16-14(11)12;1-8(12)10-6-2-4-9-5-3-7-13-11(9)10;1-2-9-5-3-6-10-7-4-8-12-11(9)10;1-2-7-5-3-4-6-8(7)9;1-2-5-3-4-1;4-1-3(6)2-5;1-4(2)3;1-2;1-2-3;;;;;;;/h2-7,10,20-21H,8-9H2,1H3,(H,18,19);2-7,9-10,19H,8H2,1H3,(H,17,18);2-10H,1H3,(H,15,17);2-8H,1H3;3-8H,2H2,1H3;3-6H,2,9H2,1H3;1-3H,(H,4,5);3-6H,1-2H2;1-3H3;1H2;3H;4*1H;;1H2;/q;;;;;;;;;;;;;;;+1;;+4/p-5. The summed E-state index contributed by atoms with van der Waals surface area (Å²) in [7, 11) is 24.5. The number of hydrogen-bond donors (Lipinski definition) is 12. The van der Waals surface area contributed by atoms with E-state index in [1.807, 2.05) is 117 Å². The molecular weight excluding hydrogens is 1720 g/mol. The van der Waals surface area contributed by atoms with Crippen LogP contribution in [0.25, 0.3) is 54.5 Å². The van der Waals surface area contributed by atoms with E-state index >= 15 is 0 Å². The zero-order chi connectivity index (χ0) is 85.4. The maximum atomic E-state index is 9.47. The Balaban J connectivity index is 0.000000457. The second-order valence-electron chi connectivity index (χ2n) is 25.5. The third-order valence-electron chi connectivity index (χ3n) is 16.7. The number of nitrogens with zero attached hydrogens (tertiary/aromatic N) is 10. The number of aliphatic hydroxyl groups excluding tert-OH is 6. The summed E-state index contributed by atoms with van der Waals surface area (Å²) < 4.78 is 2.69. The molecule has 0 aliphatic heterocycles. The molecule has 4 atom stereocenters. The number of carbonyl (C=O) groups excluding carboxylic acids is 1. The first-order valence-corrected chi connectivity index (χ1v) is 49.6. The molecule has 0 fully saturated rings. The molecule has 0 saturated heterocycles. The number of aromatic amines is 4. The van der Waals surface area contributed by atoms with E-state index in [4.69, 9.17) is 63.1 Å². The first-order chi connectivity index (χ1) is 55.9. The smallest absolute Gasteiger partial charge is 0.870 e. The molecule has 9 heterocycles. The van der Waals surface area contributed by atoms with Crippen LogP contribution in [0.5, 0.6) is 0 Å². The number of halogens is 5. The van der Waals surface area contributed by atoms with Crippen molar-refractivity contribution in [2.75, 3.05) is 18.9 Å². The molecule has 0 aliphatic rings. The summed E-state index contributed by atoms with van der Waals surface area (Å²) in [5, 5.41) is 57.8. The van der Waals surface area contributed by atoms with Gasteiger partial charge in [0, 0.05) is 119 Å². The van der Waals surface area contributed by atoms with E-state index in [9.17, 15) is 15.3 Å². The Kier molecular flexibility index (Phi) is 53.8. The van der Waals surface area contributed by atoms with Gasteiger partial charge < -0.3 is 66.6 Å². The van der Waals surface area contributed by atoms with Crippen LogP contribution in [0.15, 0.2) is 249 Å². The minimum absolute atomic E-state index is 0. The van der Waals surface area contributed by atoms with Gasteiger partial charge in [0.15, 0.2) is 0 Å². The SMILES string of the molecule is C=O.CC(Br)c1cccc2cccnc12.CC(c1cnc[nH]1)c1cccc2cccnc12.CC(c1nc(CO)[nH]c1CO)c1cccc2cccnc12.CC(c1nc[nH]c1CO)c1cccc2cccnc12.CCc1cccc2cccnc12.CCc1ccccc1N.C[Si](C)C.OCC(O)CO.[B]=NS.[Cl][Ti]([Cl])([Cl])[Cl].[Na+].[OH-].c1c[nH]cn1. The molecule has 0 spiro atoms. The van der Waals surface area contributed by atoms with Gasteiger partial charge in [-0.3, -0.25) is 24.9 Å². The Morgan fingerprint density at radius 3 is 1.25 bits per heavy atom. The van der Waals surface area contributed by atoms with Crippen molar-refractivity contribution in [1.82, 2.24) is 64.8 Å². The van der Waals surface area contributed by atoms with E-state index in [2.05, 4.69) is 257 Å². The van der Waals surface area contributed by atoms with Crippen molar-refractivity contribution in [3.05, 3.63) is 312 Å². The Morgan fingerprint density at radius 2 is 0.898 bits per heavy atom. The number of aryl methyl sites for hydroxylation is 2. The summed E-state index contributed by atoms with van der Waals surface area (Å²) in [6.07, 6.45) is 20.5. The number of nitrogens with one attached hydrogen (secondary N) is 4. The van der Waals surface area contributed by atoms with Crippen molar-refractivity contribution in [2.45, 2.75) is 123 Å². The normalized spacial score (nSPS) is 11.2. The predicted molar refractivity (Wildman–Crippen MR) is 483 cm³/mol. The summed E-state index contributed by atoms with van der Waals surface area (Å²) >= 11 is 3.64. The number of hydrogen-bond acceptors (Lipinski definition) is 20. The van der Waals surface area contributed by atoms with Gasteiger partial charge in [-0.1, -0.05) is 210 Å². The first-order valence-electron chi connectivity index (χ1n) is 36.6. The molecule has 2 radical (unpaired) electrons. The summed E-state index contributed by atoms with van der Waals surface area (Å²) in [5.74, 6) is 0.805. The third kappa shape index (κ3) is 36.6. The number of thiol groups is 1. The van der Waals surface area contributed by atoms with Crippen molar-refractivity contribution < 1.29 is 82.8 Å². The summed E-state index contributed by atoms with van der Waals surface area (Å²) in [6.45, 7) is 20.4. The maximum Gasteiger partial charge on any atom is 1.00 e. The van der Waals surface area contributed by atoms with E-state index < -0.39 is 18.4 Å². The number of para-hydroxylation sites is 6. The number of aromatic nitrogens is 13. The predicted octanol–water partition coefficient (Wildman–Crippen LogP) is 15.8. The van der Waals surface area contributed by atoms with Gasteiger partial charge in [0.25, 0.3) is 0 Å². The number of alkyl halides is 1. The van der Waals surface area contributed by atoms with Gasteiger partial charge in [-0.25, -0.2) is 19.9 Å². The average Bonchev–Trinajstić information content (AvgIpc) is 1.52. The van der Waals surface area contributed by atoms with Gasteiger partial charge in [0.1, 0.15) is 25.3 Å². The second-order valence-corrected chi connectivity index (χ2v) is 45.6. The Labute approximate surface area is 747 Å². The second kappa shape index (κ2) is 59.8. The van der Waals surface area contributed by atoms with Gasteiger partial charge >= 0.3 is 104 Å². The van der Waals surface area contributed by atoms with E-state index in [-0.39, 0.29) is 94.6 Å². The van der Waals surface area contributed by atoms with E-state index in [0.29, 0.717) is 16.3 Å². The number of benzene rings is 6. The van der Waals surface area contributed by atoms with Crippen molar-refractivity contribution in [2.24, 2.45) is 4.30 Å². The van der Waals surface area contributed by atoms with Gasteiger partial charge in [-0.15, -0.1) is 0 Å². The van der Waals surface area contributed by atoms with Crippen molar-refractivity contribution in [3.63, 3.8) is 0 Å².